The third-order valence-corrected chi connectivity index (χ3v) is 3.08. The van der Waals surface area contributed by atoms with Crippen LogP contribution >= 0.6 is 0 Å². The third kappa shape index (κ3) is 2.53. The molecule has 17 heavy (non-hydrogen) atoms. The highest BCUT2D eigenvalue weighted by Gasteiger charge is 2.27. The van der Waals surface area contributed by atoms with Crippen LogP contribution in [0.3, 0.4) is 0 Å². The molecule has 4 nitrogen and oxygen atoms in total. The van der Waals surface area contributed by atoms with Gasteiger partial charge in [-0.05, 0) is 24.6 Å². The van der Waals surface area contributed by atoms with E-state index in [4.69, 9.17) is 15.2 Å². The van der Waals surface area contributed by atoms with Crippen LogP contribution in [0.15, 0.2) is 18.2 Å². The topological polar surface area (TPSA) is 47.7 Å². The molecule has 1 aromatic carbocycles. The molecule has 94 valence electrons. The number of rotatable bonds is 5. The van der Waals surface area contributed by atoms with E-state index in [1.165, 1.54) is 5.56 Å². The first kappa shape index (κ1) is 12.2. The van der Waals surface area contributed by atoms with Crippen molar-refractivity contribution in [1.29, 1.82) is 0 Å². The Morgan fingerprint density at radius 1 is 1.47 bits per heavy atom. The van der Waals surface area contributed by atoms with Gasteiger partial charge in [-0.1, -0.05) is 6.07 Å². The normalized spacial score (nSPS) is 15.5. The number of aryl methyl sites for hydroxylation is 1. The largest absolute Gasteiger partial charge is 0.495 e. The lowest BCUT2D eigenvalue weighted by Gasteiger charge is -2.39. The van der Waals surface area contributed by atoms with Crippen LogP contribution in [-0.2, 0) is 4.74 Å². The fraction of sp³-hybridized carbons (Fsp3) is 0.538. The molecule has 0 amide bonds. The number of nitrogens with zero attached hydrogens (tertiary/aromatic N) is 1. The summed E-state index contributed by atoms with van der Waals surface area (Å²) in [6.07, 6.45) is 0. The SMILES string of the molecule is COc1ccc(C)cc1N(CCN)C1COC1. The van der Waals surface area contributed by atoms with Crippen molar-refractivity contribution >= 4 is 5.69 Å². The van der Waals surface area contributed by atoms with Crippen LogP contribution in [0.5, 0.6) is 5.75 Å². The molecular formula is C13H20N2O2. The number of hydrogen-bond acceptors (Lipinski definition) is 4. The Balaban J connectivity index is 2.29. The van der Waals surface area contributed by atoms with E-state index in [0.717, 1.165) is 31.2 Å². The van der Waals surface area contributed by atoms with E-state index >= 15 is 0 Å². The lowest BCUT2D eigenvalue weighted by Crippen LogP contribution is -2.51. The maximum Gasteiger partial charge on any atom is 0.142 e. The molecule has 2 N–H and O–H groups in total. The highest BCUT2D eigenvalue weighted by atomic mass is 16.5. The monoisotopic (exact) mass is 236 g/mol. The molecule has 1 aromatic rings. The van der Waals surface area contributed by atoms with Gasteiger partial charge in [0.15, 0.2) is 0 Å². The molecule has 0 saturated carbocycles. The predicted octanol–water partition coefficient (Wildman–Crippen LogP) is 1.17. The Morgan fingerprint density at radius 2 is 2.24 bits per heavy atom. The van der Waals surface area contributed by atoms with Gasteiger partial charge in [0.05, 0.1) is 32.1 Å². The van der Waals surface area contributed by atoms with Gasteiger partial charge in [0, 0.05) is 13.1 Å². The quantitative estimate of drug-likeness (QED) is 0.833. The van der Waals surface area contributed by atoms with Gasteiger partial charge < -0.3 is 20.1 Å². The summed E-state index contributed by atoms with van der Waals surface area (Å²) in [6.45, 7) is 5.09. The van der Waals surface area contributed by atoms with E-state index in [9.17, 15) is 0 Å². The smallest absolute Gasteiger partial charge is 0.142 e. The molecular weight excluding hydrogens is 216 g/mol. The molecule has 0 aliphatic carbocycles. The summed E-state index contributed by atoms with van der Waals surface area (Å²) in [7, 11) is 1.70. The fourth-order valence-electron chi connectivity index (χ4n) is 2.07. The van der Waals surface area contributed by atoms with Gasteiger partial charge in [-0.15, -0.1) is 0 Å². The molecule has 0 spiro atoms. The van der Waals surface area contributed by atoms with Crippen LogP contribution in [0, 0.1) is 6.92 Å². The van der Waals surface area contributed by atoms with E-state index in [2.05, 4.69) is 24.0 Å². The van der Waals surface area contributed by atoms with Crippen molar-refractivity contribution in [1.82, 2.24) is 0 Å². The first-order chi connectivity index (χ1) is 8.26. The van der Waals surface area contributed by atoms with Crippen molar-refractivity contribution in [3.63, 3.8) is 0 Å². The van der Waals surface area contributed by atoms with Crippen molar-refractivity contribution in [2.75, 3.05) is 38.3 Å². The second-order valence-corrected chi connectivity index (χ2v) is 4.35. The summed E-state index contributed by atoms with van der Waals surface area (Å²) in [6, 6.07) is 6.63. The summed E-state index contributed by atoms with van der Waals surface area (Å²) < 4.78 is 10.7. The number of ether oxygens (including phenoxy) is 2. The van der Waals surface area contributed by atoms with Crippen LogP contribution in [0.4, 0.5) is 5.69 Å². The number of benzene rings is 1. The summed E-state index contributed by atoms with van der Waals surface area (Å²) in [4.78, 5) is 2.29. The molecule has 1 saturated heterocycles. The number of anilines is 1. The Morgan fingerprint density at radius 3 is 2.76 bits per heavy atom. The maximum absolute atomic E-state index is 5.69. The molecule has 4 heteroatoms. The minimum absolute atomic E-state index is 0.425. The van der Waals surface area contributed by atoms with E-state index in [1.807, 2.05) is 6.07 Å². The zero-order valence-electron chi connectivity index (χ0n) is 10.5. The van der Waals surface area contributed by atoms with Crippen molar-refractivity contribution in [3.05, 3.63) is 23.8 Å². The second-order valence-electron chi connectivity index (χ2n) is 4.35. The highest BCUT2D eigenvalue weighted by molar-refractivity contribution is 5.61. The van der Waals surface area contributed by atoms with Crippen molar-refractivity contribution in [2.45, 2.75) is 13.0 Å². The number of nitrogens with two attached hydrogens (primary N) is 1. The maximum atomic E-state index is 5.69. The van der Waals surface area contributed by atoms with Crippen molar-refractivity contribution in [2.24, 2.45) is 5.73 Å². The molecule has 1 heterocycles. The van der Waals surface area contributed by atoms with Gasteiger partial charge >= 0.3 is 0 Å². The van der Waals surface area contributed by atoms with Crippen LogP contribution in [0.1, 0.15) is 5.56 Å². The minimum Gasteiger partial charge on any atom is -0.495 e. The molecule has 0 radical (unpaired) electrons. The van der Waals surface area contributed by atoms with E-state index in [1.54, 1.807) is 7.11 Å². The summed E-state index contributed by atoms with van der Waals surface area (Å²) in [5.74, 6) is 0.899. The van der Waals surface area contributed by atoms with Gasteiger partial charge in [0.1, 0.15) is 5.75 Å². The van der Waals surface area contributed by atoms with Gasteiger partial charge in [-0.25, -0.2) is 0 Å². The Hall–Kier alpha value is -1.26. The molecule has 1 aliphatic heterocycles. The summed E-state index contributed by atoms with van der Waals surface area (Å²) >= 11 is 0. The Labute approximate surface area is 102 Å². The molecule has 0 aromatic heterocycles. The predicted molar refractivity (Wildman–Crippen MR) is 68.7 cm³/mol. The number of methoxy groups -OCH3 is 1. The highest BCUT2D eigenvalue weighted by Crippen LogP contribution is 2.31. The average Bonchev–Trinajstić information content (AvgIpc) is 2.26. The molecule has 2 rings (SSSR count). The van der Waals surface area contributed by atoms with Crippen LogP contribution in [0.25, 0.3) is 0 Å². The molecule has 0 unspecified atom stereocenters. The Kier molecular flexibility index (Phi) is 3.86. The third-order valence-electron chi connectivity index (χ3n) is 3.08. The molecule has 0 bridgehead atoms. The van der Waals surface area contributed by atoms with E-state index < -0.39 is 0 Å². The van der Waals surface area contributed by atoms with Crippen molar-refractivity contribution in [3.8, 4) is 5.75 Å². The van der Waals surface area contributed by atoms with Crippen LogP contribution in [0.2, 0.25) is 0 Å². The van der Waals surface area contributed by atoms with Gasteiger partial charge in [-0.2, -0.15) is 0 Å². The van der Waals surface area contributed by atoms with Crippen LogP contribution in [-0.4, -0.2) is 39.5 Å². The lowest BCUT2D eigenvalue weighted by atomic mass is 10.1. The second kappa shape index (κ2) is 5.38. The minimum atomic E-state index is 0.425. The van der Waals surface area contributed by atoms with E-state index in [0.29, 0.717) is 12.6 Å². The molecule has 0 atom stereocenters. The van der Waals surface area contributed by atoms with Gasteiger partial charge in [0.25, 0.3) is 0 Å². The zero-order valence-corrected chi connectivity index (χ0v) is 10.5. The van der Waals surface area contributed by atoms with Crippen molar-refractivity contribution < 1.29 is 9.47 Å². The first-order valence-electron chi connectivity index (χ1n) is 5.95. The lowest BCUT2D eigenvalue weighted by molar-refractivity contribution is 0.00817. The summed E-state index contributed by atoms with van der Waals surface area (Å²) in [5, 5.41) is 0. The standard InChI is InChI=1S/C13H20N2O2/c1-10-3-4-13(16-2)12(7-10)15(6-5-14)11-8-17-9-11/h3-4,7,11H,5-6,8-9,14H2,1-2H3. The Bertz CT molecular complexity index is 378. The molecule has 1 fully saturated rings. The first-order valence-corrected chi connectivity index (χ1v) is 5.95. The summed E-state index contributed by atoms with van der Waals surface area (Å²) in [5.41, 5.74) is 8.03. The van der Waals surface area contributed by atoms with Gasteiger partial charge in [0.2, 0.25) is 0 Å². The molecule has 1 aliphatic rings. The fourth-order valence-corrected chi connectivity index (χ4v) is 2.07. The number of hydrogen-bond donors (Lipinski definition) is 1. The van der Waals surface area contributed by atoms with Crippen LogP contribution < -0.4 is 15.4 Å². The zero-order chi connectivity index (χ0) is 12.3. The van der Waals surface area contributed by atoms with Gasteiger partial charge in [-0.3, -0.25) is 0 Å². The van der Waals surface area contributed by atoms with E-state index in [-0.39, 0.29) is 0 Å². The average molecular weight is 236 g/mol.